The molecule has 0 fully saturated rings. The highest BCUT2D eigenvalue weighted by Crippen LogP contribution is 2.19. The van der Waals surface area contributed by atoms with E-state index in [1.54, 1.807) is 13.8 Å². The summed E-state index contributed by atoms with van der Waals surface area (Å²) in [6.45, 7) is 3.44. The third-order valence-corrected chi connectivity index (χ3v) is 2.53. The van der Waals surface area contributed by atoms with Crippen molar-refractivity contribution >= 4 is 29.1 Å². The van der Waals surface area contributed by atoms with E-state index in [-0.39, 0.29) is 16.1 Å². The molecule has 0 aliphatic heterocycles. The first kappa shape index (κ1) is 12.8. The molecule has 0 atom stereocenters. The molecule has 0 bridgehead atoms. The Morgan fingerprint density at radius 3 is 2.69 bits per heavy atom. The van der Waals surface area contributed by atoms with Gasteiger partial charge in [0.05, 0.1) is 16.1 Å². The molecule has 84 valence electrons. The molecular weight excluding hydrogens is 247 g/mol. The summed E-state index contributed by atoms with van der Waals surface area (Å²) >= 11 is 11.4. The van der Waals surface area contributed by atoms with Crippen LogP contribution in [-0.4, -0.2) is 16.4 Å². The molecule has 1 aromatic heterocycles. The van der Waals surface area contributed by atoms with Gasteiger partial charge in [0.15, 0.2) is 0 Å². The van der Waals surface area contributed by atoms with Gasteiger partial charge in [0.1, 0.15) is 5.15 Å². The number of aromatic nitrogens is 1. The van der Waals surface area contributed by atoms with Gasteiger partial charge in [0, 0.05) is 6.20 Å². The first-order valence-electron chi connectivity index (χ1n) is 4.47. The molecule has 1 rings (SSSR count). The molecule has 1 amide bonds. The van der Waals surface area contributed by atoms with Gasteiger partial charge < -0.3 is 5.32 Å². The number of hydrogen-bond acceptors (Lipinski definition) is 2. The first-order chi connectivity index (χ1) is 7.35. The Kier molecular flexibility index (Phi) is 3.79. The zero-order chi connectivity index (χ0) is 12.3. The Morgan fingerprint density at radius 2 is 2.19 bits per heavy atom. The van der Waals surface area contributed by atoms with E-state index < -0.39 is 5.54 Å². The van der Waals surface area contributed by atoms with E-state index in [1.807, 2.05) is 0 Å². The lowest BCUT2D eigenvalue weighted by atomic mass is 10.1. The third-order valence-electron chi connectivity index (χ3n) is 1.85. The molecule has 1 heterocycles. The molecule has 0 unspecified atom stereocenters. The van der Waals surface area contributed by atoms with E-state index in [0.29, 0.717) is 5.56 Å². The number of carbonyl (C=O) groups is 1. The normalized spacial score (nSPS) is 10.7. The second-order valence-corrected chi connectivity index (χ2v) is 4.49. The van der Waals surface area contributed by atoms with Gasteiger partial charge in [-0.2, -0.15) is 0 Å². The van der Waals surface area contributed by atoms with Crippen LogP contribution in [0.1, 0.15) is 24.2 Å². The first-order valence-corrected chi connectivity index (χ1v) is 5.22. The summed E-state index contributed by atoms with van der Waals surface area (Å²) in [4.78, 5) is 15.5. The molecule has 0 radical (unpaired) electrons. The molecule has 0 aromatic carbocycles. The summed E-state index contributed by atoms with van der Waals surface area (Å²) in [7, 11) is 0. The van der Waals surface area contributed by atoms with Crippen molar-refractivity contribution in [2.45, 2.75) is 19.4 Å². The van der Waals surface area contributed by atoms with Crippen LogP contribution in [0.5, 0.6) is 0 Å². The smallest absolute Gasteiger partial charge is 0.254 e. The van der Waals surface area contributed by atoms with Crippen LogP contribution in [0, 0.1) is 12.3 Å². The van der Waals surface area contributed by atoms with E-state index in [4.69, 9.17) is 29.6 Å². The van der Waals surface area contributed by atoms with Gasteiger partial charge in [-0.3, -0.25) is 4.79 Å². The predicted molar refractivity (Wildman–Crippen MR) is 64.6 cm³/mol. The average Bonchev–Trinajstić information content (AvgIpc) is 2.21. The van der Waals surface area contributed by atoms with Gasteiger partial charge >= 0.3 is 0 Å². The number of halogens is 2. The Morgan fingerprint density at radius 1 is 1.56 bits per heavy atom. The highest BCUT2D eigenvalue weighted by molar-refractivity contribution is 6.41. The molecule has 1 N–H and O–H groups in total. The molecule has 16 heavy (non-hydrogen) atoms. The van der Waals surface area contributed by atoms with Crippen molar-refractivity contribution in [3.63, 3.8) is 0 Å². The molecule has 0 aliphatic rings. The number of hydrogen-bond donors (Lipinski definition) is 1. The molecule has 0 saturated carbocycles. The number of rotatable bonds is 2. The standard InChI is InChI=1S/C11H10Cl2N2O/c1-4-11(2,3)15-10(16)7-5-8(12)9(13)14-6-7/h1,5-6H,2-3H3,(H,15,16). The number of nitrogens with one attached hydrogen (secondary N) is 1. The minimum absolute atomic E-state index is 0.162. The summed E-state index contributed by atoms with van der Waals surface area (Å²) in [5, 5.41) is 3.04. The molecule has 0 saturated heterocycles. The third kappa shape index (κ3) is 3.13. The Hall–Kier alpha value is -1.24. The fourth-order valence-corrected chi connectivity index (χ4v) is 1.21. The van der Waals surface area contributed by atoms with Gasteiger partial charge in [0.25, 0.3) is 5.91 Å². The lowest BCUT2D eigenvalue weighted by molar-refractivity contribution is 0.0929. The molecule has 1 aromatic rings. The Balaban J connectivity index is 2.91. The number of terminal acetylenes is 1. The van der Waals surface area contributed by atoms with Crippen LogP contribution in [0.4, 0.5) is 0 Å². The van der Waals surface area contributed by atoms with Crippen LogP contribution in [0.25, 0.3) is 0 Å². The van der Waals surface area contributed by atoms with Crippen LogP contribution >= 0.6 is 23.2 Å². The van der Waals surface area contributed by atoms with Gasteiger partial charge in [0.2, 0.25) is 0 Å². The summed E-state index contributed by atoms with van der Waals surface area (Å²) in [6, 6.07) is 1.44. The van der Waals surface area contributed by atoms with Gasteiger partial charge in [-0.1, -0.05) is 29.1 Å². The highest BCUT2D eigenvalue weighted by atomic mass is 35.5. The summed E-state index contributed by atoms with van der Waals surface area (Å²) in [5.41, 5.74) is -0.402. The fraction of sp³-hybridized carbons (Fsp3) is 0.273. The van der Waals surface area contributed by atoms with Crippen LogP contribution in [0.3, 0.4) is 0 Å². The monoisotopic (exact) mass is 256 g/mol. The maximum atomic E-state index is 11.7. The van der Waals surface area contributed by atoms with Crippen LogP contribution < -0.4 is 5.32 Å². The largest absolute Gasteiger partial charge is 0.336 e. The van der Waals surface area contributed by atoms with Crippen molar-refractivity contribution < 1.29 is 4.79 Å². The quantitative estimate of drug-likeness (QED) is 0.653. The number of pyridine rings is 1. The minimum Gasteiger partial charge on any atom is -0.336 e. The van der Waals surface area contributed by atoms with E-state index in [2.05, 4.69) is 16.2 Å². The Bertz CT molecular complexity index is 464. The molecule has 0 aliphatic carbocycles. The van der Waals surface area contributed by atoms with Gasteiger partial charge in [-0.05, 0) is 19.9 Å². The van der Waals surface area contributed by atoms with Crippen LogP contribution in [-0.2, 0) is 0 Å². The summed E-state index contributed by atoms with van der Waals surface area (Å²) in [6.07, 6.45) is 6.60. The number of nitrogens with zero attached hydrogens (tertiary/aromatic N) is 1. The SMILES string of the molecule is C#CC(C)(C)NC(=O)c1cnc(Cl)c(Cl)c1. The van der Waals surface area contributed by atoms with Gasteiger partial charge in [-0.25, -0.2) is 4.98 Å². The lowest BCUT2D eigenvalue weighted by Crippen LogP contribution is -2.42. The topological polar surface area (TPSA) is 42.0 Å². The van der Waals surface area contributed by atoms with Crippen LogP contribution in [0.15, 0.2) is 12.3 Å². The summed E-state index contributed by atoms with van der Waals surface area (Å²) in [5.74, 6) is 2.12. The molecule has 0 spiro atoms. The average molecular weight is 257 g/mol. The molecule has 3 nitrogen and oxygen atoms in total. The molecule has 5 heteroatoms. The highest BCUT2D eigenvalue weighted by Gasteiger charge is 2.18. The molecular formula is C11H10Cl2N2O. The van der Waals surface area contributed by atoms with Crippen molar-refractivity contribution in [1.82, 2.24) is 10.3 Å². The van der Waals surface area contributed by atoms with Gasteiger partial charge in [-0.15, -0.1) is 6.42 Å². The maximum absolute atomic E-state index is 11.7. The van der Waals surface area contributed by atoms with Crippen molar-refractivity contribution in [3.8, 4) is 12.3 Å². The van der Waals surface area contributed by atoms with E-state index in [9.17, 15) is 4.79 Å². The second kappa shape index (κ2) is 4.73. The van der Waals surface area contributed by atoms with Crippen molar-refractivity contribution in [2.75, 3.05) is 0 Å². The fourth-order valence-electron chi connectivity index (χ4n) is 0.937. The van der Waals surface area contributed by atoms with E-state index in [0.717, 1.165) is 0 Å². The van der Waals surface area contributed by atoms with E-state index in [1.165, 1.54) is 12.3 Å². The van der Waals surface area contributed by atoms with Crippen molar-refractivity contribution in [2.24, 2.45) is 0 Å². The summed E-state index contributed by atoms with van der Waals surface area (Å²) < 4.78 is 0. The minimum atomic E-state index is -0.719. The van der Waals surface area contributed by atoms with Crippen molar-refractivity contribution in [3.05, 3.63) is 28.0 Å². The zero-order valence-corrected chi connectivity index (χ0v) is 10.4. The zero-order valence-electron chi connectivity index (χ0n) is 8.84. The number of amides is 1. The van der Waals surface area contributed by atoms with Crippen LogP contribution in [0.2, 0.25) is 10.2 Å². The lowest BCUT2D eigenvalue weighted by Gasteiger charge is -2.19. The predicted octanol–water partition coefficient (Wildman–Crippen LogP) is 2.53. The maximum Gasteiger partial charge on any atom is 0.254 e. The Labute approximate surface area is 104 Å². The van der Waals surface area contributed by atoms with E-state index >= 15 is 0 Å². The van der Waals surface area contributed by atoms with Crippen molar-refractivity contribution in [1.29, 1.82) is 0 Å². The number of carbonyl (C=O) groups excluding carboxylic acids is 1. The second-order valence-electron chi connectivity index (χ2n) is 3.72.